The highest BCUT2D eigenvalue weighted by molar-refractivity contribution is 7.99. The second-order valence-corrected chi connectivity index (χ2v) is 6.28. The fraction of sp³-hybridized carbons (Fsp3) is 0.353. The van der Waals surface area contributed by atoms with E-state index in [0.717, 1.165) is 22.2 Å². The van der Waals surface area contributed by atoms with Crippen molar-refractivity contribution in [3.63, 3.8) is 0 Å². The summed E-state index contributed by atoms with van der Waals surface area (Å²) in [6.07, 6.45) is 1.94. The summed E-state index contributed by atoms with van der Waals surface area (Å²) in [5, 5.41) is 4.43. The molecule has 0 saturated carbocycles. The maximum Gasteiger partial charge on any atom is 0.132 e. The first-order chi connectivity index (χ1) is 10.1. The third-order valence-electron chi connectivity index (χ3n) is 3.08. The number of pyridine rings is 1. The van der Waals surface area contributed by atoms with Crippen LogP contribution in [0.5, 0.6) is 5.75 Å². The van der Waals surface area contributed by atoms with E-state index < -0.39 is 0 Å². The summed E-state index contributed by atoms with van der Waals surface area (Å²) < 4.78 is 5.39. The molecule has 2 aromatic rings. The zero-order chi connectivity index (χ0) is 15.2. The van der Waals surface area contributed by atoms with Crippen molar-refractivity contribution >= 4 is 11.8 Å². The van der Waals surface area contributed by atoms with E-state index in [9.17, 15) is 0 Å². The van der Waals surface area contributed by atoms with Crippen LogP contribution in [0, 0.1) is 6.92 Å². The van der Waals surface area contributed by atoms with Crippen LogP contribution in [-0.4, -0.2) is 18.1 Å². The molecule has 0 unspecified atom stereocenters. The summed E-state index contributed by atoms with van der Waals surface area (Å²) in [6, 6.07) is 10.7. The van der Waals surface area contributed by atoms with Gasteiger partial charge in [-0.1, -0.05) is 43.8 Å². The molecule has 21 heavy (non-hydrogen) atoms. The zero-order valence-electron chi connectivity index (χ0n) is 13.0. The number of nitrogens with zero attached hydrogens (tertiary/aromatic N) is 1. The number of ether oxygens (including phenoxy) is 1. The summed E-state index contributed by atoms with van der Waals surface area (Å²) in [4.78, 5) is 5.68. The van der Waals surface area contributed by atoms with Crippen LogP contribution >= 0.6 is 11.8 Å². The van der Waals surface area contributed by atoms with Gasteiger partial charge in [-0.3, -0.25) is 0 Å². The molecule has 0 aliphatic carbocycles. The average Bonchev–Trinajstić information content (AvgIpc) is 2.48. The van der Waals surface area contributed by atoms with Gasteiger partial charge in [0.15, 0.2) is 0 Å². The van der Waals surface area contributed by atoms with Crippen LogP contribution in [0.1, 0.15) is 25.0 Å². The Labute approximate surface area is 131 Å². The molecule has 1 heterocycles. The molecule has 0 amide bonds. The van der Waals surface area contributed by atoms with E-state index in [-0.39, 0.29) is 0 Å². The number of para-hydroxylation sites is 1. The Balaban J connectivity index is 2.14. The summed E-state index contributed by atoms with van der Waals surface area (Å²) in [5.74, 6) is 0.884. The second kappa shape index (κ2) is 7.48. The Morgan fingerprint density at radius 1 is 1.29 bits per heavy atom. The summed E-state index contributed by atoms with van der Waals surface area (Å²) in [7, 11) is 1.69. The summed E-state index contributed by atoms with van der Waals surface area (Å²) in [6.45, 7) is 7.24. The van der Waals surface area contributed by atoms with Crippen molar-refractivity contribution in [1.29, 1.82) is 0 Å². The van der Waals surface area contributed by atoms with Crippen molar-refractivity contribution in [2.45, 2.75) is 43.3 Å². The lowest BCUT2D eigenvalue weighted by Crippen LogP contribution is -2.21. The van der Waals surface area contributed by atoms with Gasteiger partial charge in [-0.05, 0) is 30.2 Å². The van der Waals surface area contributed by atoms with E-state index in [1.807, 2.05) is 24.4 Å². The monoisotopic (exact) mass is 302 g/mol. The molecule has 0 atom stereocenters. The molecule has 2 rings (SSSR count). The lowest BCUT2D eigenvalue weighted by atomic mass is 10.2. The van der Waals surface area contributed by atoms with E-state index >= 15 is 0 Å². The molecular weight excluding hydrogens is 280 g/mol. The van der Waals surface area contributed by atoms with E-state index in [2.05, 4.69) is 43.2 Å². The van der Waals surface area contributed by atoms with Gasteiger partial charge in [0.2, 0.25) is 0 Å². The van der Waals surface area contributed by atoms with Crippen LogP contribution in [0.15, 0.2) is 46.5 Å². The molecule has 1 N–H and O–H groups in total. The fourth-order valence-electron chi connectivity index (χ4n) is 1.95. The van der Waals surface area contributed by atoms with Gasteiger partial charge in [-0.2, -0.15) is 0 Å². The third-order valence-corrected chi connectivity index (χ3v) is 4.25. The number of rotatable bonds is 6. The van der Waals surface area contributed by atoms with Gasteiger partial charge < -0.3 is 10.1 Å². The third kappa shape index (κ3) is 4.48. The van der Waals surface area contributed by atoms with Crippen molar-refractivity contribution < 1.29 is 4.74 Å². The number of aryl methyl sites for hydroxylation is 1. The van der Waals surface area contributed by atoms with Gasteiger partial charge >= 0.3 is 0 Å². The van der Waals surface area contributed by atoms with Crippen LogP contribution in [-0.2, 0) is 6.54 Å². The van der Waals surface area contributed by atoms with Gasteiger partial charge in [-0.25, -0.2) is 4.98 Å². The molecule has 0 spiro atoms. The first-order valence-corrected chi connectivity index (χ1v) is 7.91. The van der Waals surface area contributed by atoms with E-state index in [1.54, 1.807) is 18.9 Å². The normalized spacial score (nSPS) is 10.9. The number of nitrogens with one attached hydrogen (secondary N) is 1. The van der Waals surface area contributed by atoms with E-state index in [1.165, 1.54) is 11.1 Å². The topological polar surface area (TPSA) is 34.1 Å². The van der Waals surface area contributed by atoms with Gasteiger partial charge in [0.1, 0.15) is 10.8 Å². The lowest BCUT2D eigenvalue weighted by Gasteiger charge is -2.11. The van der Waals surface area contributed by atoms with Crippen LogP contribution in [0.25, 0.3) is 0 Å². The number of hydrogen-bond donors (Lipinski definition) is 1. The number of aromatic nitrogens is 1. The zero-order valence-corrected chi connectivity index (χ0v) is 13.8. The molecule has 3 nitrogen and oxygen atoms in total. The van der Waals surface area contributed by atoms with Crippen LogP contribution < -0.4 is 10.1 Å². The molecule has 0 aliphatic heterocycles. The first-order valence-electron chi connectivity index (χ1n) is 7.10. The smallest absolute Gasteiger partial charge is 0.132 e. The summed E-state index contributed by atoms with van der Waals surface area (Å²) >= 11 is 1.64. The quantitative estimate of drug-likeness (QED) is 0.873. The van der Waals surface area contributed by atoms with Crippen molar-refractivity contribution in [2.75, 3.05) is 7.11 Å². The molecule has 1 aromatic heterocycles. The number of benzene rings is 1. The minimum Gasteiger partial charge on any atom is -0.496 e. The minimum absolute atomic E-state index is 0.480. The SMILES string of the molecule is COc1ccccc1Sc1ncc(CNC(C)C)cc1C. The maximum atomic E-state index is 5.39. The predicted octanol–water partition coefficient (Wildman–Crippen LogP) is 4.05. The molecule has 1 aromatic carbocycles. The molecule has 4 heteroatoms. The number of hydrogen-bond acceptors (Lipinski definition) is 4. The average molecular weight is 302 g/mol. The van der Waals surface area contributed by atoms with Gasteiger partial charge in [-0.15, -0.1) is 0 Å². The largest absolute Gasteiger partial charge is 0.496 e. The highest BCUT2D eigenvalue weighted by Gasteiger charge is 2.08. The molecule has 0 bridgehead atoms. The minimum atomic E-state index is 0.480. The fourth-order valence-corrected chi connectivity index (χ4v) is 2.89. The van der Waals surface area contributed by atoms with Gasteiger partial charge in [0.05, 0.1) is 12.0 Å². The van der Waals surface area contributed by atoms with E-state index in [0.29, 0.717) is 6.04 Å². The first kappa shape index (κ1) is 15.9. The molecule has 0 fully saturated rings. The Morgan fingerprint density at radius 2 is 2.05 bits per heavy atom. The number of methoxy groups -OCH3 is 1. The highest BCUT2D eigenvalue weighted by atomic mass is 32.2. The predicted molar refractivity (Wildman–Crippen MR) is 88.1 cm³/mol. The highest BCUT2D eigenvalue weighted by Crippen LogP contribution is 2.35. The van der Waals surface area contributed by atoms with Crippen molar-refractivity contribution in [3.05, 3.63) is 47.7 Å². The molecule has 112 valence electrons. The van der Waals surface area contributed by atoms with E-state index in [4.69, 9.17) is 4.74 Å². The second-order valence-electron chi connectivity index (χ2n) is 5.25. The summed E-state index contributed by atoms with van der Waals surface area (Å²) in [5.41, 5.74) is 2.40. The maximum absolute atomic E-state index is 5.39. The van der Waals surface area contributed by atoms with Crippen LogP contribution in [0.2, 0.25) is 0 Å². The lowest BCUT2D eigenvalue weighted by molar-refractivity contribution is 0.405. The van der Waals surface area contributed by atoms with Crippen LogP contribution in [0.4, 0.5) is 0 Å². The van der Waals surface area contributed by atoms with Crippen molar-refractivity contribution in [2.24, 2.45) is 0 Å². The Morgan fingerprint density at radius 3 is 2.71 bits per heavy atom. The molecule has 0 aliphatic rings. The van der Waals surface area contributed by atoms with Gasteiger partial charge in [0.25, 0.3) is 0 Å². The van der Waals surface area contributed by atoms with Crippen molar-refractivity contribution in [1.82, 2.24) is 10.3 Å². The Bertz CT molecular complexity index is 599. The molecule has 0 radical (unpaired) electrons. The standard InChI is InChI=1S/C17H22N2OS/c1-12(2)18-10-14-9-13(3)17(19-11-14)21-16-8-6-5-7-15(16)20-4/h5-9,11-12,18H,10H2,1-4H3. The molecular formula is C17H22N2OS. The molecule has 0 saturated heterocycles. The Kier molecular flexibility index (Phi) is 5.65. The Hall–Kier alpha value is -1.52. The van der Waals surface area contributed by atoms with Crippen molar-refractivity contribution in [3.8, 4) is 5.75 Å². The van der Waals surface area contributed by atoms with Crippen LogP contribution in [0.3, 0.4) is 0 Å². The van der Waals surface area contributed by atoms with Gasteiger partial charge in [0, 0.05) is 18.8 Å².